The average Bonchev–Trinajstić information content (AvgIpc) is 2.47. The van der Waals surface area contributed by atoms with Gasteiger partial charge in [0.1, 0.15) is 17.9 Å². The SMILES string of the molecule is CC(C)OCc1occc1C(=O)O. The molecule has 0 saturated carbocycles. The predicted octanol–water partition coefficient (Wildman–Crippen LogP) is 1.90. The van der Waals surface area contributed by atoms with Crippen LogP contribution in [0, 0.1) is 0 Å². The second-order valence-corrected chi connectivity index (χ2v) is 2.92. The highest BCUT2D eigenvalue weighted by Crippen LogP contribution is 2.12. The van der Waals surface area contributed by atoms with E-state index in [1.807, 2.05) is 13.8 Å². The molecule has 0 aliphatic heterocycles. The molecular formula is C9H12O4. The quantitative estimate of drug-likeness (QED) is 0.776. The number of furan rings is 1. The topological polar surface area (TPSA) is 59.7 Å². The lowest BCUT2D eigenvalue weighted by Crippen LogP contribution is -2.05. The summed E-state index contributed by atoms with van der Waals surface area (Å²) in [5.41, 5.74) is 0.167. The zero-order chi connectivity index (χ0) is 9.84. The first kappa shape index (κ1) is 9.80. The van der Waals surface area contributed by atoms with Gasteiger partial charge in [0.25, 0.3) is 0 Å². The minimum atomic E-state index is -0.990. The Bertz CT molecular complexity index is 288. The number of carboxylic acids is 1. The predicted molar refractivity (Wildman–Crippen MR) is 45.6 cm³/mol. The summed E-state index contributed by atoms with van der Waals surface area (Å²) >= 11 is 0. The van der Waals surface area contributed by atoms with Crippen molar-refractivity contribution in [3.63, 3.8) is 0 Å². The summed E-state index contributed by atoms with van der Waals surface area (Å²) in [6, 6.07) is 1.42. The van der Waals surface area contributed by atoms with Gasteiger partial charge in [-0.05, 0) is 19.9 Å². The van der Waals surface area contributed by atoms with Crippen LogP contribution in [0.2, 0.25) is 0 Å². The summed E-state index contributed by atoms with van der Waals surface area (Å²) < 4.78 is 10.2. The van der Waals surface area contributed by atoms with E-state index < -0.39 is 5.97 Å². The molecule has 1 heterocycles. The van der Waals surface area contributed by atoms with Crippen molar-refractivity contribution in [1.82, 2.24) is 0 Å². The first-order chi connectivity index (χ1) is 6.11. The Morgan fingerprint density at radius 3 is 2.92 bits per heavy atom. The summed E-state index contributed by atoms with van der Waals surface area (Å²) in [7, 11) is 0. The minimum absolute atomic E-state index is 0.0618. The van der Waals surface area contributed by atoms with Gasteiger partial charge in [-0.25, -0.2) is 4.79 Å². The van der Waals surface area contributed by atoms with Crippen molar-refractivity contribution in [2.45, 2.75) is 26.6 Å². The first-order valence-electron chi connectivity index (χ1n) is 4.02. The van der Waals surface area contributed by atoms with Crippen LogP contribution in [-0.2, 0) is 11.3 Å². The molecule has 4 nitrogen and oxygen atoms in total. The Balaban J connectivity index is 2.65. The van der Waals surface area contributed by atoms with Crippen LogP contribution in [0.5, 0.6) is 0 Å². The van der Waals surface area contributed by atoms with Crippen LogP contribution in [0.3, 0.4) is 0 Å². The fourth-order valence-corrected chi connectivity index (χ4v) is 0.885. The van der Waals surface area contributed by atoms with E-state index in [4.69, 9.17) is 14.3 Å². The fourth-order valence-electron chi connectivity index (χ4n) is 0.885. The van der Waals surface area contributed by atoms with Crippen LogP contribution in [0.15, 0.2) is 16.7 Å². The van der Waals surface area contributed by atoms with E-state index >= 15 is 0 Å². The first-order valence-corrected chi connectivity index (χ1v) is 4.02. The highest BCUT2D eigenvalue weighted by atomic mass is 16.5. The van der Waals surface area contributed by atoms with Crippen molar-refractivity contribution >= 4 is 5.97 Å². The molecule has 13 heavy (non-hydrogen) atoms. The van der Waals surface area contributed by atoms with Crippen molar-refractivity contribution in [1.29, 1.82) is 0 Å². The standard InChI is InChI=1S/C9H12O4/c1-6(2)13-5-8-7(9(10)11)3-4-12-8/h3-4,6H,5H2,1-2H3,(H,10,11). The van der Waals surface area contributed by atoms with E-state index in [1.165, 1.54) is 12.3 Å². The number of hydrogen-bond acceptors (Lipinski definition) is 3. The Kier molecular flexibility index (Phi) is 3.08. The maximum atomic E-state index is 10.6. The summed E-state index contributed by atoms with van der Waals surface area (Å²) in [4.78, 5) is 10.6. The Morgan fingerprint density at radius 2 is 2.38 bits per heavy atom. The molecule has 0 radical (unpaired) electrons. The van der Waals surface area contributed by atoms with Gasteiger partial charge in [0.05, 0.1) is 12.4 Å². The van der Waals surface area contributed by atoms with Crippen LogP contribution in [0.4, 0.5) is 0 Å². The van der Waals surface area contributed by atoms with Crippen LogP contribution in [-0.4, -0.2) is 17.2 Å². The normalized spacial score (nSPS) is 10.7. The molecule has 0 fully saturated rings. The van der Waals surface area contributed by atoms with Crippen molar-refractivity contribution in [3.05, 3.63) is 23.7 Å². The minimum Gasteiger partial charge on any atom is -0.478 e. The number of carbonyl (C=O) groups is 1. The monoisotopic (exact) mass is 184 g/mol. The molecule has 1 N–H and O–H groups in total. The molecule has 0 atom stereocenters. The second kappa shape index (κ2) is 4.09. The molecule has 0 spiro atoms. The third-order valence-electron chi connectivity index (χ3n) is 1.52. The Morgan fingerprint density at radius 1 is 1.69 bits per heavy atom. The molecule has 0 aliphatic carbocycles. The van der Waals surface area contributed by atoms with Gasteiger partial charge in [-0.2, -0.15) is 0 Å². The summed E-state index contributed by atoms with van der Waals surface area (Å²) in [6.45, 7) is 3.96. The summed E-state index contributed by atoms with van der Waals surface area (Å²) in [6.07, 6.45) is 1.41. The molecule has 0 aromatic carbocycles. The Labute approximate surface area is 76.1 Å². The van der Waals surface area contributed by atoms with Crippen LogP contribution in [0.1, 0.15) is 30.0 Å². The van der Waals surface area contributed by atoms with Gasteiger partial charge in [0.2, 0.25) is 0 Å². The summed E-state index contributed by atoms with van der Waals surface area (Å²) in [5, 5.41) is 8.70. The lowest BCUT2D eigenvalue weighted by atomic mass is 10.2. The van der Waals surface area contributed by atoms with E-state index in [0.29, 0.717) is 5.76 Å². The molecular weight excluding hydrogens is 172 g/mol. The van der Waals surface area contributed by atoms with E-state index in [2.05, 4.69) is 0 Å². The number of carboxylic acid groups (broad SMARTS) is 1. The highest BCUT2D eigenvalue weighted by molar-refractivity contribution is 5.88. The third-order valence-corrected chi connectivity index (χ3v) is 1.52. The molecule has 0 saturated heterocycles. The Hall–Kier alpha value is -1.29. The summed E-state index contributed by atoms with van der Waals surface area (Å²) in [5.74, 6) is -0.627. The number of rotatable bonds is 4. The van der Waals surface area contributed by atoms with Crippen molar-refractivity contribution < 1.29 is 19.1 Å². The van der Waals surface area contributed by atoms with Gasteiger partial charge >= 0.3 is 5.97 Å². The van der Waals surface area contributed by atoms with Crippen LogP contribution >= 0.6 is 0 Å². The fraction of sp³-hybridized carbons (Fsp3) is 0.444. The molecule has 72 valence electrons. The van der Waals surface area contributed by atoms with E-state index in [0.717, 1.165) is 0 Å². The molecule has 0 unspecified atom stereocenters. The van der Waals surface area contributed by atoms with E-state index in [-0.39, 0.29) is 18.3 Å². The van der Waals surface area contributed by atoms with Gasteiger partial charge in [-0.3, -0.25) is 0 Å². The van der Waals surface area contributed by atoms with Crippen molar-refractivity contribution in [2.75, 3.05) is 0 Å². The van der Waals surface area contributed by atoms with E-state index in [9.17, 15) is 4.79 Å². The number of ether oxygens (including phenoxy) is 1. The molecule has 0 aliphatic rings. The molecule has 1 aromatic heterocycles. The lowest BCUT2D eigenvalue weighted by Gasteiger charge is -2.05. The van der Waals surface area contributed by atoms with Gasteiger partial charge in [-0.15, -0.1) is 0 Å². The second-order valence-electron chi connectivity index (χ2n) is 2.92. The van der Waals surface area contributed by atoms with Gasteiger partial charge in [0, 0.05) is 0 Å². The maximum Gasteiger partial charge on any atom is 0.339 e. The largest absolute Gasteiger partial charge is 0.478 e. The van der Waals surface area contributed by atoms with Gasteiger partial charge in [0.15, 0.2) is 0 Å². The zero-order valence-electron chi connectivity index (χ0n) is 7.61. The highest BCUT2D eigenvalue weighted by Gasteiger charge is 2.13. The molecule has 0 bridgehead atoms. The smallest absolute Gasteiger partial charge is 0.339 e. The van der Waals surface area contributed by atoms with Gasteiger partial charge < -0.3 is 14.3 Å². The number of aromatic carboxylic acids is 1. The molecule has 0 amide bonds. The maximum absolute atomic E-state index is 10.6. The van der Waals surface area contributed by atoms with Crippen LogP contribution < -0.4 is 0 Å². The third kappa shape index (κ3) is 2.59. The lowest BCUT2D eigenvalue weighted by molar-refractivity contribution is 0.0513. The zero-order valence-corrected chi connectivity index (χ0v) is 7.61. The van der Waals surface area contributed by atoms with E-state index in [1.54, 1.807) is 0 Å². The van der Waals surface area contributed by atoms with Crippen molar-refractivity contribution in [3.8, 4) is 0 Å². The van der Waals surface area contributed by atoms with Crippen molar-refractivity contribution in [2.24, 2.45) is 0 Å². The molecule has 1 rings (SSSR count). The number of hydrogen-bond donors (Lipinski definition) is 1. The van der Waals surface area contributed by atoms with Gasteiger partial charge in [-0.1, -0.05) is 0 Å². The average molecular weight is 184 g/mol. The molecule has 1 aromatic rings. The molecule has 4 heteroatoms. The van der Waals surface area contributed by atoms with Crippen LogP contribution in [0.25, 0.3) is 0 Å².